The first-order chi connectivity index (χ1) is 22.0. The lowest BCUT2D eigenvalue weighted by molar-refractivity contribution is -0.193. The molecule has 1 saturated carbocycles. The van der Waals surface area contributed by atoms with E-state index in [1.807, 2.05) is 0 Å². The molecule has 3 aromatic carbocycles. The van der Waals surface area contributed by atoms with E-state index >= 15 is 0 Å². The molecule has 3 atom stereocenters. The molecule has 0 aromatic heterocycles. The van der Waals surface area contributed by atoms with Crippen LogP contribution in [0.5, 0.6) is 0 Å². The van der Waals surface area contributed by atoms with Crippen molar-refractivity contribution in [1.82, 2.24) is 4.90 Å². The lowest BCUT2D eigenvalue weighted by Crippen LogP contribution is -2.53. The summed E-state index contributed by atoms with van der Waals surface area (Å²) in [6.45, 7) is 0.182. The molecule has 0 unspecified atom stereocenters. The van der Waals surface area contributed by atoms with Gasteiger partial charge in [-0.05, 0) is 79.1 Å². The van der Waals surface area contributed by atoms with Crippen LogP contribution in [0.4, 0.5) is 46.5 Å². The molecule has 14 heteroatoms. The third-order valence-corrected chi connectivity index (χ3v) is 8.86. The third-order valence-electron chi connectivity index (χ3n) is 8.86. The summed E-state index contributed by atoms with van der Waals surface area (Å²) in [5.41, 5.74) is -2.58. The van der Waals surface area contributed by atoms with Crippen LogP contribution in [0.2, 0.25) is 0 Å². The van der Waals surface area contributed by atoms with Crippen LogP contribution in [0, 0.1) is 30.4 Å². The molecule has 1 saturated heterocycles. The number of rotatable bonds is 6. The highest BCUT2D eigenvalue weighted by molar-refractivity contribution is 6.17. The minimum absolute atomic E-state index is 0.141. The summed E-state index contributed by atoms with van der Waals surface area (Å²) in [5.74, 6) is -9.14. The second kappa shape index (κ2) is 12.8. The van der Waals surface area contributed by atoms with Gasteiger partial charge in [0.1, 0.15) is 25.0 Å². The van der Waals surface area contributed by atoms with Crippen LogP contribution in [0.3, 0.4) is 0 Å². The van der Waals surface area contributed by atoms with Gasteiger partial charge in [-0.2, -0.15) is 26.3 Å². The van der Waals surface area contributed by atoms with Gasteiger partial charge in [-0.3, -0.25) is 9.59 Å². The highest BCUT2D eigenvalue weighted by atomic mass is 19.4. The number of carbonyl (C=O) groups excluding carboxylic acids is 2. The zero-order valence-electron chi connectivity index (χ0n) is 25.1. The average molecular weight is 663 g/mol. The summed E-state index contributed by atoms with van der Waals surface area (Å²) >= 11 is 0. The van der Waals surface area contributed by atoms with Gasteiger partial charge in [0.2, 0.25) is 5.91 Å². The molecule has 3 aromatic rings. The average Bonchev–Trinajstić information content (AvgIpc) is 3.42. The van der Waals surface area contributed by atoms with E-state index < -0.39 is 83.2 Å². The Labute approximate surface area is 267 Å². The maximum Gasteiger partial charge on any atom is 0.416 e. The van der Waals surface area contributed by atoms with Gasteiger partial charge >= 0.3 is 12.4 Å². The molecule has 1 aliphatic carbocycles. The van der Waals surface area contributed by atoms with Gasteiger partial charge in [-0.1, -0.05) is 37.1 Å². The van der Waals surface area contributed by atoms with E-state index in [1.165, 1.54) is 25.1 Å². The van der Waals surface area contributed by atoms with Crippen LogP contribution in [-0.2, 0) is 11.0 Å². The first-order valence-corrected chi connectivity index (χ1v) is 14.9. The van der Waals surface area contributed by atoms with Gasteiger partial charge in [0.05, 0.1) is 23.4 Å². The van der Waals surface area contributed by atoms with E-state index in [0.717, 1.165) is 37.1 Å². The van der Waals surface area contributed by atoms with Crippen molar-refractivity contribution >= 4 is 31.0 Å². The number of hydrogen-bond donors (Lipinski definition) is 2. The van der Waals surface area contributed by atoms with Crippen LogP contribution in [0.15, 0.2) is 60.7 Å². The van der Waals surface area contributed by atoms with Gasteiger partial charge in [0, 0.05) is 17.9 Å². The molecule has 1 heterocycles. The van der Waals surface area contributed by atoms with E-state index in [-0.39, 0.29) is 16.8 Å². The summed E-state index contributed by atoms with van der Waals surface area (Å²) < 4.78 is 113. The van der Waals surface area contributed by atoms with E-state index in [4.69, 9.17) is 7.85 Å². The van der Waals surface area contributed by atoms with Crippen LogP contribution in [-0.4, -0.2) is 42.7 Å². The number of nitrogens with zero attached hydrogens (tertiary/aromatic N) is 1. The number of amides is 2. The Balaban J connectivity index is 1.58. The Hall–Kier alpha value is -4.10. The van der Waals surface area contributed by atoms with Crippen LogP contribution in [0.1, 0.15) is 65.2 Å². The maximum absolute atomic E-state index is 14.8. The van der Waals surface area contributed by atoms with Crippen molar-refractivity contribution in [3.63, 3.8) is 0 Å². The second-order valence-electron chi connectivity index (χ2n) is 12.2. The van der Waals surface area contributed by atoms with E-state index in [9.17, 15) is 44.7 Å². The fourth-order valence-corrected chi connectivity index (χ4v) is 6.46. The number of piperidine rings is 1. The van der Waals surface area contributed by atoms with Gasteiger partial charge in [0.15, 0.2) is 0 Å². The first-order valence-electron chi connectivity index (χ1n) is 14.9. The Kier molecular flexibility index (Phi) is 9.35. The largest absolute Gasteiger partial charge is 0.416 e. The standard InChI is InChI=1S/C33H30BF8N3O2/c1-18-7-10-22(16-24(18)33(40,41)42)43-29(46)23-15-20(32(37,38)39)17-45(30(47)27-25(35)5-4-6-26(27)36)28(23)19-8-11-21(12-9-19)44-31(34)13-2-3-14-31/h4-12,16,20,23,28,44H,2-3,13-15,17H2,1H3,(H,43,46)/t20-,23+,28+/m1/s1. The van der Waals surface area contributed by atoms with E-state index in [2.05, 4.69) is 10.6 Å². The summed E-state index contributed by atoms with van der Waals surface area (Å²) in [6.07, 6.45) is -7.34. The molecule has 2 aliphatic rings. The van der Waals surface area contributed by atoms with Crippen molar-refractivity contribution in [2.24, 2.45) is 11.8 Å². The summed E-state index contributed by atoms with van der Waals surface area (Å²) in [7, 11) is 6.40. The fraction of sp³-hybridized carbons (Fsp3) is 0.394. The minimum Gasteiger partial charge on any atom is -0.388 e. The fourth-order valence-electron chi connectivity index (χ4n) is 6.46. The molecule has 5 rings (SSSR count). The van der Waals surface area contributed by atoms with Gasteiger partial charge < -0.3 is 15.5 Å². The smallest absolute Gasteiger partial charge is 0.388 e. The highest BCUT2D eigenvalue weighted by Crippen LogP contribution is 2.46. The number of benzene rings is 3. The Morgan fingerprint density at radius 3 is 2.06 bits per heavy atom. The lowest BCUT2D eigenvalue weighted by atomic mass is 9.76. The summed E-state index contributed by atoms with van der Waals surface area (Å²) in [6, 6.07) is 10.1. The lowest BCUT2D eigenvalue weighted by Gasteiger charge is -2.45. The third kappa shape index (κ3) is 7.41. The number of hydrogen-bond acceptors (Lipinski definition) is 3. The number of halogens is 8. The molecular formula is C33H30BF8N3O2. The van der Waals surface area contributed by atoms with Crippen molar-refractivity contribution in [1.29, 1.82) is 0 Å². The molecule has 248 valence electrons. The number of aryl methyl sites for hydroxylation is 1. The number of anilines is 2. The number of likely N-dealkylation sites (tertiary alicyclic amines) is 1. The predicted molar refractivity (Wildman–Crippen MR) is 160 cm³/mol. The number of alkyl halides is 6. The zero-order valence-corrected chi connectivity index (χ0v) is 25.1. The molecule has 5 nitrogen and oxygen atoms in total. The quantitative estimate of drug-likeness (QED) is 0.207. The molecule has 2 N–H and O–H groups in total. The van der Waals surface area contributed by atoms with Crippen molar-refractivity contribution in [2.75, 3.05) is 17.2 Å². The van der Waals surface area contributed by atoms with Crippen LogP contribution < -0.4 is 10.6 Å². The topological polar surface area (TPSA) is 61.4 Å². The Morgan fingerprint density at radius 2 is 1.49 bits per heavy atom. The number of nitrogens with one attached hydrogen (secondary N) is 2. The van der Waals surface area contributed by atoms with E-state index in [1.54, 1.807) is 12.1 Å². The van der Waals surface area contributed by atoms with Crippen molar-refractivity contribution in [3.8, 4) is 0 Å². The van der Waals surface area contributed by atoms with Crippen molar-refractivity contribution in [2.45, 2.75) is 62.9 Å². The molecule has 0 spiro atoms. The van der Waals surface area contributed by atoms with E-state index in [0.29, 0.717) is 29.5 Å². The molecule has 47 heavy (non-hydrogen) atoms. The zero-order chi connectivity index (χ0) is 34.3. The Bertz CT molecular complexity index is 1620. The molecular weight excluding hydrogens is 633 g/mol. The van der Waals surface area contributed by atoms with Crippen molar-refractivity contribution < 1.29 is 44.7 Å². The first kappa shape index (κ1) is 34.2. The van der Waals surface area contributed by atoms with Crippen LogP contribution in [0.25, 0.3) is 0 Å². The normalized spacial score (nSPS) is 21.4. The van der Waals surface area contributed by atoms with Crippen molar-refractivity contribution in [3.05, 3.63) is 94.6 Å². The van der Waals surface area contributed by atoms with Gasteiger partial charge in [-0.25, -0.2) is 8.78 Å². The molecule has 0 bridgehead atoms. The summed E-state index contributed by atoms with van der Waals surface area (Å²) in [4.78, 5) is 28.1. The monoisotopic (exact) mass is 663 g/mol. The molecule has 2 fully saturated rings. The molecule has 1 aliphatic heterocycles. The second-order valence-corrected chi connectivity index (χ2v) is 12.2. The SMILES string of the molecule is [B]C1(Nc2ccc([C@H]3[C@@H](C(=O)Nc4ccc(C)c(C(F)(F)F)c4)C[C@@H](C(F)(F)F)CN3C(=O)c3c(F)cccc3F)cc2)CCCC1. The van der Waals surface area contributed by atoms with Gasteiger partial charge in [-0.15, -0.1) is 0 Å². The Morgan fingerprint density at radius 1 is 0.894 bits per heavy atom. The van der Waals surface area contributed by atoms with Gasteiger partial charge in [0.25, 0.3) is 5.91 Å². The maximum atomic E-state index is 14.8. The highest BCUT2D eigenvalue weighted by Gasteiger charge is 2.52. The molecule has 2 amide bonds. The minimum atomic E-state index is -4.94. The van der Waals surface area contributed by atoms with Crippen LogP contribution >= 0.6 is 0 Å². The summed E-state index contributed by atoms with van der Waals surface area (Å²) in [5, 5.41) is 5.50. The molecule has 2 radical (unpaired) electrons. The number of carbonyl (C=O) groups is 2. The predicted octanol–water partition coefficient (Wildman–Crippen LogP) is 8.16.